The smallest absolute Gasteiger partial charge is 0.335 e. The highest BCUT2D eigenvalue weighted by atomic mass is 32.2. The third-order valence-corrected chi connectivity index (χ3v) is 5.30. The van der Waals surface area contributed by atoms with Crippen molar-refractivity contribution in [3.8, 4) is 0 Å². The second-order valence-electron chi connectivity index (χ2n) is 5.32. The Balaban J connectivity index is 2.21. The Labute approximate surface area is 119 Å². The summed E-state index contributed by atoms with van der Waals surface area (Å²) in [5.41, 5.74) is -0.0235. The molecule has 20 heavy (non-hydrogen) atoms. The second-order valence-corrected chi connectivity index (χ2v) is 7.04. The first kappa shape index (κ1) is 15.0. The van der Waals surface area contributed by atoms with Gasteiger partial charge in [0.25, 0.3) is 0 Å². The molecule has 2 N–H and O–H groups in total. The minimum atomic E-state index is -3.66. The van der Waals surface area contributed by atoms with E-state index in [1.807, 2.05) is 6.92 Å². The molecule has 110 valence electrons. The van der Waals surface area contributed by atoms with Crippen molar-refractivity contribution in [1.29, 1.82) is 0 Å². The van der Waals surface area contributed by atoms with Crippen molar-refractivity contribution in [3.63, 3.8) is 0 Å². The lowest BCUT2D eigenvalue weighted by Crippen LogP contribution is -2.41. The summed E-state index contributed by atoms with van der Waals surface area (Å²) < 4.78 is 27.3. The molecule has 2 atom stereocenters. The summed E-state index contributed by atoms with van der Waals surface area (Å²) >= 11 is 0. The molecule has 0 aromatic heterocycles. The Morgan fingerprint density at radius 2 is 2.00 bits per heavy atom. The molecule has 0 heterocycles. The Morgan fingerprint density at radius 1 is 1.30 bits per heavy atom. The number of nitrogens with one attached hydrogen (secondary N) is 1. The van der Waals surface area contributed by atoms with Gasteiger partial charge in [0, 0.05) is 6.04 Å². The number of hydrogen-bond acceptors (Lipinski definition) is 3. The first-order valence-corrected chi connectivity index (χ1v) is 8.24. The van der Waals surface area contributed by atoms with E-state index in [0.717, 1.165) is 25.7 Å². The molecule has 0 radical (unpaired) electrons. The van der Waals surface area contributed by atoms with Crippen LogP contribution < -0.4 is 4.72 Å². The SMILES string of the molecule is CC1CCCCC1NS(=O)(=O)c1cccc(C(=O)O)c1. The molecule has 1 aromatic rings. The highest BCUT2D eigenvalue weighted by Crippen LogP contribution is 2.25. The van der Waals surface area contributed by atoms with E-state index in [1.54, 1.807) is 0 Å². The number of carboxylic acid groups (broad SMARTS) is 1. The van der Waals surface area contributed by atoms with Gasteiger partial charge in [0.1, 0.15) is 0 Å². The predicted octanol–water partition coefficient (Wildman–Crippen LogP) is 2.24. The van der Waals surface area contributed by atoms with Crippen LogP contribution in [0.4, 0.5) is 0 Å². The van der Waals surface area contributed by atoms with Crippen LogP contribution in [0.15, 0.2) is 29.2 Å². The van der Waals surface area contributed by atoms with Gasteiger partial charge in [-0.25, -0.2) is 17.9 Å². The van der Waals surface area contributed by atoms with E-state index in [4.69, 9.17) is 5.11 Å². The lowest BCUT2D eigenvalue weighted by atomic mass is 9.87. The molecule has 2 unspecified atom stereocenters. The van der Waals surface area contributed by atoms with E-state index in [0.29, 0.717) is 5.92 Å². The predicted molar refractivity (Wildman–Crippen MR) is 75.1 cm³/mol. The quantitative estimate of drug-likeness (QED) is 0.892. The van der Waals surface area contributed by atoms with Gasteiger partial charge in [0.15, 0.2) is 0 Å². The second kappa shape index (κ2) is 5.93. The average molecular weight is 297 g/mol. The molecule has 0 bridgehead atoms. The van der Waals surface area contributed by atoms with Crippen molar-refractivity contribution in [2.75, 3.05) is 0 Å². The van der Waals surface area contributed by atoms with Gasteiger partial charge in [0.05, 0.1) is 10.5 Å². The molecule has 6 heteroatoms. The van der Waals surface area contributed by atoms with Crippen molar-refractivity contribution in [3.05, 3.63) is 29.8 Å². The molecule has 0 saturated heterocycles. The number of benzene rings is 1. The molecule has 1 aromatic carbocycles. The van der Waals surface area contributed by atoms with Crippen molar-refractivity contribution < 1.29 is 18.3 Å². The van der Waals surface area contributed by atoms with Crippen LogP contribution in [-0.4, -0.2) is 25.5 Å². The standard InChI is InChI=1S/C14H19NO4S/c1-10-5-2-3-8-13(10)15-20(18,19)12-7-4-6-11(9-12)14(16)17/h4,6-7,9-10,13,15H,2-3,5,8H2,1H3,(H,16,17). The largest absolute Gasteiger partial charge is 0.478 e. The van der Waals surface area contributed by atoms with Crippen LogP contribution >= 0.6 is 0 Å². The third-order valence-electron chi connectivity index (χ3n) is 3.81. The van der Waals surface area contributed by atoms with E-state index in [1.165, 1.54) is 24.3 Å². The number of aromatic carboxylic acids is 1. The molecule has 0 spiro atoms. The summed E-state index contributed by atoms with van der Waals surface area (Å²) in [5, 5.41) is 8.92. The maximum absolute atomic E-state index is 12.3. The number of rotatable bonds is 4. The maximum atomic E-state index is 12.3. The van der Waals surface area contributed by atoms with Crippen LogP contribution in [0.1, 0.15) is 43.0 Å². The highest BCUT2D eigenvalue weighted by molar-refractivity contribution is 7.89. The van der Waals surface area contributed by atoms with Gasteiger partial charge in [0.2, 0.25) is 10.0 Å². The summed E-state index contributed by atoms with van der Waals surface area (Å²) in [7, 11) is -3.66. The van der Waals surface area contributed by atoms with Gasteiger partial charge in [-0.3, -0.25) is 0 Å². The van der Waals surface area contributed by atoms with E-state index in [-0.39, 0.29) is 16.5 Å². The van der Waals surface area contributed by atoms with Crippen LogP contribution in [0.3, 0.4) is 0 Å². The molecular weight excluding hydrogens is 278 g/mol. The summed E-state index contributed by atoms with van der Waals surface area (Å²) in [6.07, 6.45) is 4.00. The average Bonchev–Trinajstić information content (AvgIpc) is 2.41. The van der Waals surface area contributed by atoms with Gasteiger partial charge in [-0.1, -0.05) is 25.8 Å². The molecule has 1 fully saturated rings. The number of carbonyl (C=O) groups is 1. The minimum Gasteiger partial charge on any atom is -0.478 e. The first-order valence-electron chi connectivity index (χ1n) is 6.76. The topological polar surface area (TPSA) is 83.5 Å². The monoisotopic (exact) mass is 297 g/mol. The molecule has 0 aliphatic heterocycles. The molecular formula is C14H19NO4S. The zero-order valence-corrected chi connectivity index (χ0v) is 12.2. The lowest BCUT2D eigenvalue weighted by molar-refractivity contribution is 0.0696. The van der Waals surface area contributed by atoms with Crippen LogP contribution in [0, 0.1) is 5.92 Å². The Hall–Kier alpha value is -1.40. The van der Waals surface area contributed by atoms with Crippen molar-refractivity contribution in [2.24, 2.45) is 5.92 Å². The van der Waals surface area contributed by atoms with E-state index < -0.39 is 16.0 Å². The molecule has 1 aliphatic rings. The Morgan fingerprint density at radius 3 is 2.65 bits per heavy atom. The van der Waals surface area contributed by atoms with Gasteiger partial charge >= 0.3 is 5.97 Å². The zero-order valence-electron chi connectivity index (χ0n) is 11.4. The maximum Gasteiger partial charge on any atom is 0.335 e. The Bertz CT molecular complexity index is 597. The highest BCUT2D eigenvalue weighted by Gasteiger charge is 2.27. The van der Waals surface area contributed by atoms with Crippen LogP contribution in [0.5, 0.6) is 0 Å². The van der Waals surface area contributed by atoms with Gasteiger partial charge in [-0.05, 0) is 37.0 Å². The molecule has 0 amide bonds. The van der Waals surface area contributed by atoms with Crippen LogP contribution in [0.25, 0.3) is 0 Å². The number of sulfonamides is 1. The van der Waals surface area contributed by atoms with Crippen LogP contribution in [-0.2, 0) is 10.0 Å². The molecule has 1 aliphatic carbocycles. The molecule has 5 nitrogen and oxygen atoms in total. The molecule has 1 saturated carbocycles. The van der Waals surface area contributed by atoms with Gasteiger partial charge in [-0.2, -0.15) is 0 Å². The fourth-order valence-corrected chi connectivity index (χ4v) is 3.98. The van der Waals surface area contributed by atoms with Crippen molar-refractivity contribution in [2.45, 2.75) is 43.5 Å². The number of carboxylic acids is 1. The first-order chi connectivity index (χ1) is 9.40. The normalized spacial score (nSPS) is 23.4. The summed E-state index contributed by atoms with van der Waals surface area (Å²) in [5.74, 6) is -0.825. The van der Waals surface area contributed by atoms with E-state index >= 15 is 0 Å². The lowest BCUT2D eigenvalue weighted by Gasteiger charge is -2.29. The van der Waals surface area contributed by atoms with Gasteiger partial charge in [-0.15, -0.1) is 0 Å². The molecule has 2 rings (SSSR count). The zero-order chi connectivity index (χ0) is 14.8. The Kier molecular flexibility index (Phi) is 4.45. The summed E-state index contributed by atoms with van der Waals surface area (Å²) in [6.45, 7) is 2.04. The van der Waals surface area contributed by atoms with Crippen molar-refractivity contribution in [1.82, 2.24) is 4.72 Å². The fraction of sp³-hybridized carbons (Fsp3) is 0.500. The third kappa shape index (κ3) is 3.37. The van der Waals surface area contributed by atoms with Crippen molar-refractivity contribution >= 4 is 16.0 Å². The van der Waals surface area contributed by atoms with Gasteiger partial charge < -0.3 is 5.11 Å². The summed E-state index contributed by atoms with van der Waals surface area (Å²) in [6, 6.07) is 5.37. The van der Waals surface area contributed by atoms with E-state index in [2.05, 4.69) is 4.72 Å². The fourth-order valence-electron chi connectivity index (χ4n) is 2.55. The number of hydrogen-bond donors (Lipinski definition) is 2. The summed E-state index contributed by atoms with van der Waals surface area (Å²) in [4.78, 5) is 10.9. The van der Waals surface area contributed by atoms with Crippen LogP contribution in [0.2, 0.25) is 0 Å². The minimum absolute atomic E-state index is 0.00942. The van der Waals surface area contributed by atoms with E-state index in [9.17, 15) is 13.2 Å².